The van der Waals surface area contributed by atoms with Crippen molar-refractivity contribution in [2.45, 2.75) is 13.0 Å². The van der Waals surface area contributed by atoms with Crippen molar-refractivity contribution in [3.8, 4) is 11.8 Å². The summed E-state index contributed by atoms with van der Waals surface area (Å²) in [5.74, 6) is 5.89. The number of nitrogens with zero attached hydrogens (tertiary/aromatic N) is 1. The molecule has 0 bridgehead atoms. The average molecular weight is 376 g/mol. The Hall–Kier alpha value is -3.65. The van der Waals surface area contributed by atoms with E-state index in [-0.39, 0.29) is 11.9 Å². The number of allylic oxidation sites excluding steroid dienone is 5. The summed E-state index contributed by atoms with van der Waals surface area (Å²) in [6.45, 7) is 5.12. The molecule has 0 unspecified atom stereocenters. The number of halogens is 1. The number of ether oxygens (including phenoxy) is 1. The van der Waals surface area contributed by atoms with Gasteiger partial charge in [-0.3, -0.25) is 0 Å². The second-order valence-corrected chi connectivity index (χ2v) is 5.73. The summed E-state index contributed by atoms with van der Waals surface area (Å²) in [6, 6.07) is 15.1. The summed E-state index contributed by atoms with van der Waals surface area (Å²) in [7, 11) is 0. The number of rotatable bonds is 3. The molecule has 1 saturated heterocycles. The molecule has 1 fully saturated rings. The van der Waals surface area contributed by atoms with Crippen LogP contribution in [0, 0.1) is 11.8 Å². The number of carbonyl (C=O) groups excluding carboxylic acids is 1. The smallest absolute Gasteiger partial charge is 0.407 e. The Morgan fingerprint density at radius 1 is 1.21 bits per heavy atom. The Bertz CT molecular complexity index is 920. The van der Waals surface area contributed by atoms with Crippen LogP contribution in [0.3, 0.4) is 0 Å². The highest BCUT2D eigenvalue weighted by molar-refractivity contribution is 5.69. The van der Waals surface area contributed by atoms with E-state index >= 15 is 0 Å². The van der Waals surface area contributed by atoms with Gasteiger partial charge in [0.1, 0.15) is 18.3 Å². The zero-order chi connectivity index (χ0) is 20.2. The SMILES string of the molecule is C=C/C=C\C=C(/C)F.O=C1N[C@H](c2cccc(C#Cc3ccccc3)n2)CO1. The predicted molar refractivity (Wildman–Crippen MR) is 108 cm³/mol. The lowest BCUT2D eigenvalue weighted by Gasteiger charge is -2.06. The second-order valence-electron chi connectivity index (χ2n) is 5.73. The number of hydrogen-bond donors (Lipinski definition) is 1. The van der Waals surface area contributed by atoms with E-state index in [1.54, 1.807) is 18.2 Å². The highest BCUT2D eigenvalue weighted by atomic mass is 19.1. The summed E-state index contributed by atoms with van der Waals surface area (Å²) in [6.07, 6.45) is 5.84. The van der Waals surface area contributed by atoms with Crippen LogP contribution < -0.4 is 5.32 Å². The number of benzene rings is 1. The maximum Gasteiger partial charge on any atom is 0.407 e. The maximum atomic E-state index is 11.8. The Morgan fingerprint density at radius 2 is 2.00 bits per heavy atom. The number of amides is 1. The topological polar surface area (TPSA) is 51.2 Å². The summed E-state index contributed by atoms with van der Waals surface area (Å²) < 4.78 is 16.7. The van der Waals surface area contributed by atoms with Crippen molar-refractivity contribution in [2.24, 2.45) is 0 Å². The number of carbonyl (C=O) groups is 1. The Labute approximate surface area is 164 Å². The molecule has 1 atom stereocenters. The van der Waals surface area contributed by atoms with Crippen LogP contribution in [0.4, 0.5) is 9.18 Å². The third-order valence-electron chi connectivity index (χ3n) is 3.48. The lowest BCUT2D eigenvalue weighted by molar-refractivity contribution is 0.177. The molecule has 5 heteroatoms. The number of hydrogen-bond acceptors (Lipinski definition) is 3. The van der Waals surface area contributed by atoms with E-state index in [0.717, 1.165) is 11.3 Å². The lowest BCUT2D eigenvalue weighted by Crippen LogP contribution is -2.19. The molecule has 2 heterocycles. The average Bonchev–Trinajstić information content (AvgIpc) is 3.14. The van der Waals surface area contributed by atoms with E-state index in [4.69, 9.17) is 4.74 Å². The third-order valence-corrected chi connectivity index (χ3v) is 3.48. The van der Waals surface area contributed by atoms with E-state index in [2.05, 4.69) is 28.7 Å². The zero-order valence-electron chi connectivity index (χ0n) is 15.6. The van der Waals surface area contributed by atoms with Crippen molar-refractivity contribution in [2.75, 3.05) is 6.61 Å². The summed E-state index contributed by atoms with van der Waals surface area (Å²) in [5, 5.41) is 2.70. The quantitative estimate of drug-likeness (QED) is 0.615. The number of cyclic esters (lactones) is 1. The van der Waals surface area contributed by atoms with Crippen molar-refractivity contribution in [3.63, 3.8) is 0 Å². The van der Waals surface area contributed by atoms with Crippen molar-refractivity contribution < 1.29 is 13.9 Å². The first kappa shape index (κ1) is 20.7. The van der Waals surface area contributed by atoms with Crippen LogP contribution >= 0.6 is 0 Å². The minimum Gasteiger partial charge on any atom is -0.447 e. The van der Waals surface area contributed by atoms with E-state index in [0.29, 0.717) is 12.3 Å². The molecule has 3 rings (SSSR count). The van der Waals surface area contributed by atoms with Gasteiger partial charge < -0.3 is 10.1 Å². The van der Waals surface area contributed by atoms with Crippen molar-refractivity contribution in [3.05, 3.63) is 102 Å². The van der Waals surface area contributed by atoms with Crippen molar-refractivity contribution in [1.29, 1.82) is 0 Å². The monoisotopic (exact) mass is 376 g/mol. The molecule has 0 aliphatic carbocycles. The minimum atomic E-state index is -0.405. The third kappa shape index (κ3) is 7.30. The van der Waals surface area contributed by atoms with Gasteiger partial charge in [-0.15, -0.1) is 0 Å². The van der Waals surface area contributed by atoms with Crippen LogP contribution in [0.1, 0.15) is 29.9 Å². The molecule has 0 radical (unpaired) electrons. The van der Waals surface area contributed by atoms with Crippen LogP contribution in [0.25, 0.3) is 0 Å². The molecule has 1 N–H and O–H groups in total. The summed E-state index contributed by atoms with van der Waals surface area (Å²) in [5.41, 5.74) is 2.38. The van der Waals surface area contributed by atoms with Gasteiger partial charge in [-0.05, 0) is 43.2 Å². The van der Waals surface area contributed by atoms with Gasteiger partial charge >= 0.3 is 6.09 Å². The molecule has 0 spiro atoms. The van der Waals surface area contributed by atoms with Gasteiger partial charge in [-0.1, -0.05) is 55.0 Å². The number of nitrogens with one attached hydrogen (secondary N) is 1. The lowest BCUT2D eigenvalue weighted by atomic mass is 10.2. The minimum absolute atomic E-state index is 0.192. The van der Waals surface area contributed by atoms with Crippen LogP contribution in [0.5, 0.6) is 0 Å². The van der Waals surface area contributed by atoms with Crippen LogP contribution in [-0.2, 0) is 4.74 Å². The fourth-order valence-corrected chi connectivity index (χ4v) is 2.18. The summed E-state index contributed by atoms with van der Waals surface area (Å²) in [4.78, 5) is 15.5. The van der Waals surface area contributed by atoms with Crippen molar-refractivity contribution in [1.82, 2.24) is 10.3 Å². The molecular formula is C23H21FN2O2. The second kappa shape index (κ2) is 11.1. The van der Waals surface area contributed by atoms with Crippen molar-refractivity contribution >= 4 is 6.09 Å². The number of alkyl carbamates (subject to hydrolysis) is 1. The van der Waals surface area contributed by atoms with E-state index < -0.39 is 6.09 Å². The molecule has 1 aliphatic rings. The molecule has 142 valence electrons. The van der Waals surface area contributed by atoms with Gasteiger partial charge in [-0.25, -0.2) is 14.2 Å². The normalized spacial score (nSPS) is 15.6. The largest absolute Gasteiger partial charge is 0.447 e. The van der Waals surface area contributed by atoms with Gasteiger partial charge in [0.05, 0.1) is 11.5 Å². The summed E-state index contributed by atoms with van der Waals surface area (Å²) >= 11 is 0. The first-order valence-electron chi connectivity index (χ1n) is 8.67. The highest BCUT2D eigenvalue weighted by Crippen LogP contribution is 2.15. The van der Waals surface area contributed by atoms with Crippen LogP contribution in [0.2, 0.25) is 0 Å². The molecule has 1 amide bonds. The van der Waals surface area contributed by atoms with Gasteiger partial charge in [0.25, 0.3) is 0 Å². The highest BCUT2D eigenvalue weighted by Gasteiger charge is 2.24. The Morgan fingerprint density at radius 3 is 2.64 bits per heavy atom. The van der Waals surface area contributed by atoms with Gasteiger partial charge in [0.15, 0.2) is 0 Å². The Balaban J connectivity index is 0.000000300. The molecule has 2 aromatic rings. The molecule has 1 aliphatic heterocycles. The first-order chi connectivity index (χ1) is 13.6. The number of pyridine rings is 1. The van der Waals surface area contributed by atoms with Crippen LogP contribution in [0.15, 0.2) is 85.2 Å². The molecule has 0 saturated carbocycles. The fourth-order valence-electron chi connectivity index (χ4n) is 2.18. The van der Waals surface area contributed by atoms with E-state index in [1.165, 1.54) is 13.0 Å². The van der Waals surface area contributed by atoms with Gasteiger partial charge in [0, 0.05) is 5.56 Å². The number of aromatic nitrogens is 1. The van der Waals surface area contributed by atoms with Gasteiger partial charge in [-0.2, -0.15) is 0 Å². The molecule has 4 nitrogen and oxygen atoms in total. The van der Waals surface area contributed by atoms with E-state index in [9.17, 15) is 9.18 Å². The molecule has 1 aromatic heterocycles. The van der Waals surface area contributed by atoms with Gasteiger partial charge in [0.2, 0.25) is 0 Å². The Kier molecular flexibility index (Phi) is 8.22. The predicted octanol–water partition coefficient (Wildman–Crippen LogP) is 4.86. The maximum absolute atomic E-state index is 11.8. The zero-order valence-corrected chi connectivity index (χ0v) is 15.6. The molecular weight excluding hydrogens is 355 g/mol. The standard InChI is InChI=1S/C16H12N2O2.C7H9F/c19-16-18-15(11-20-16)14-8-4-7-13(17-14)10-9-12-5-2-1-3-6-12;1-3-4-5-6-7(2)8/h1-8,15H,11H2,(H,18,19);3-6H,1H2,2H3/b;5-4-,7-6+/t15-;/m0./s1. The molecule has 28 heavy (non-hydrogen) atoms. The fraction of sp³-hybridized carbons (Fsp3) is 0.130. The van der Waals surface area contributed by atoms with E-state index in [1.807, 2.05) is 48.5 Å². The van der Waals surface area contributed by atoms with Crippen LogP contribution in [-0.4, -0.2) is 17.7 Å². The molecule has 1 aromatic carbocycles. The first-order valence-corrected chi connectivity index (χ1v) is 8.67.